The van der Waals surface area contributed by atoms with E-state index in [0.29, 0.717) is 33.8 Å². The molecule has 4 rings (SSSR count). The van der Waals surface area contributed by atoms with Gasteiger partial charge in [0, 0.05) is 11.3 Å². The maximum absolute atomic E-state index is 12.4. The first kappa shape index (κ1) is 13.4. The van der Waals surface area contributed by atoms with Crippen molar-refractivity contribution in [3.05, 3.63) is 51.9 Å². The first-order chi connectivity index (χ1) is 11.1. The molecule has 1 aliphatic rings. The van der Waals surface area contributed by atoms with Crippen molar-refractivity contribution in [2.75, 3.05) is 12.1 Å². The van der Waals surface area contributed by atoms with Gasteiger partial charge in [-0.05, 0) is 42.8 Å². The van der Waals surface area contributed by atoms with Crippen LogP contribution < -0.4 is 20.5 Å². The van der Waals surface area contributed by atoms with Crippen molar-refractivity contribution in [1.29, 1.82) is 0 Å². The van der Waals surface area contributed by atoms with E-state index in [1.807, 2.05) is 13.0 Å². The predicted octanol–water partition coefficient (Wildman–Crippen LogP) is 2.15. The summed E-state index contributed by atoms with van der Waals surface area (Å²) in [7, 11) is 0. The highest BCUT2D eigenvalue weighted by Gasteiger charge is 2.17. The second-order valence-electron chi connectivity index (χ2n) is 5.31. The van der Waals surface area contributed by atoms with Crippen molar-refractivity contribution in [2.45, 2.75) is 6.92 Å². The Bertz CT molecular complexity index is 987. The number of carbonyl (C=O) groups is 1. The number of benzene rings is 2. The Morgan fingerprint density at radius 1 is 1.09 bits per heavy atom. The molecule has 0 bridgehead atoms. The molecule has 7 nitrogen and oxygen atoms in total. The fourth-order valence-corrected chi connectivity index (χ4v) is 2.56. The number of amides is 1. The van der Waals surface area contributed by atoms with Gasteiger partial charge in [0.1, 0.15) is 0 Å². The monoisotopic (exact) mass is 311 g/mol. The summed E-state index contributed by atoms with van der Waals surface area (Å²) in [5.41, 5.74) is 3.02. The molecule has 3 aromatic rings. The lowest BCUT2D eigenvalue weighted by Crippen LogP contribution is -2.12. The molecule has 3 N–H and O–H groups in total. The largest absolute Gasteiger partial charge is 0.454 e. The number of aromatic nitrogens is 2. The summed E-state index contributed by atoms with van der Waals surface area (Å²) in [6.45, 7) is 2.02. The second kappa shape index (κ2) is 4.91. The van der Waals surface area contributed by atoms with Crippen LogP contribution in [0, 0.1) is 6.92 Å². The standard InChI is InChI=1S/C16H13N3O4/c1-8-4-11-12(19-16(21)18-11)6-10(8)17-15(20)9-2-3-13-14(5-9)23-7-22-13/h2-6H,7H2,1H3,(H,17,20)(H2,18,19,21). The van der Waals surface area contributed by atoms with Crippen LogP contribution in [0.4, 0.5) is 5.69 Å². The van der Waals surface area contributed by atoms with Crippen LogP contribution in [0.1, 0.15) is 15.9 Å². The van der Waals surface area contributed by atoms with Gasteiger partial charge in [-0.3, -0.25) is 4.79 Å². The molecule has 0 spiro atoms. The van der Waals surface area contributed by atoms with Gasteiger partial charge < -0.3 is 24.8 Å². The van der Waals surface area contributed by atoms with E-state index in [0.717, 1.165) is 5.56 Å². The summed E-state index contributed by atoms with van der Waals surface area (Å²) in [6, 6.07) is 8.56. The van der Waals surface area contributed by atoms with E-state index in [4.69, 9.17) is 9.47 Å². The molecular weight excluding hydrogens is 298 g/mol. The molecule has 1 aromatic heterocycles. The third-order valence-electron chi connectivity index (χ3n) is 3.74. The lowest BCUT2D eigenvalue weighted by atomic mass is 10.1. The SMILES string of the molecule is Cc1cc2[nH]c(=O)[nH]c2cc1NC(=O)c1ccc2c(c1)OCO2. The average Bonchev–Trinajstić information content (AvgIpc) is 3.11. The maximum atomic E-state index is 12.4. The van der Waals surface area contributed by atoms with Crippen molar-refractivity contribution in [2.24, 2.45) is 0 Å². The van der Waals surface area contributed by atoms with E-state index >= 15 is 0 Å². The van der Waals surface area contributed by atoms with Crippen LogP contribution >= 0.6 is 0 Å². The summed E-state index contributed by atoms with van der Waals surface area (Å²) in [6.07, 6.45) is 0. The van der Waals surface area contributed by atoms with Crippen molar-refractivity contribution in [3.63, 3.8) is 0 Å². The number of ether oxygens (including phenoxy) is 2. The van der Waals surface area contributed by atoms with Crippen LogP contribution in [0.5, 0.6) is 11.5 Å². The molecule has 0 radical (unpaired) electrons. The number of nitrogens with one attached hydrogen (secondary N) is 3. The van der Waals surface area contributed by atoms with Crippen LogP contribution in [0.15, 0.2) is 35.1 Å². The third kappa shape index (κ3) is 2.32. The highest BCUT2D eigenvalue weighted by molar-refractivity contribution is 6.05. The Kier molecular flexibility index (Phi) is 2.87. The number of aryl methyl sites for hydroxylation is 1. The van der Waals surface area contributed by atoms with E-state index in [-0.39, 0.29) is 18.4 Å². The van der Waals surface area contributed by atoms with Crippen LogP contribution in [0.3, 0.4) is 0 Å². The van der Waals surface area contributed by atoms with Gasteiger partial charge in [-0.15, -0.1) is 0 Å². The van der Waals surface area contributed by atoms with E-state index < -0.39 is 0 Å². The molecule has 116 valence electrons. The lowest BCUT2D eigenvalue weighted by molar-refractivity contribution is 0.102. The van der Waals surface area contributed by atoms with Gasteiger partial charge in [-0.2, -0.15) is 0 Å². The Hall–Kier alpha value is -3.22. The topological polar surface area (TPSA) is 96.2 Å². The Morgan fingerprint density at radius 2 is 1.83 bits per heavy atom. The molecule has 0 atom stereocenters. The first-order valence-corrected chi connectivity index (χ1v) is 7.04. The lowest BCUT2D eigenvalue weighted by Gasteiger charge is -2.09. The van der Waals surface area contributed by atoms with Crippen LogP contribution in [0.25, 0.3) is 11.0 Å². The normalized spacial score (nSPS) is 12.6. The zero-order valence-corrected chi connectivity index (χ0v) is 12.2. The number of H-pyrrole nitrogens is 2. The molecule has 0 fully saturated rings. The quantitative estimate of drug-likeness (QED) is 0.675. The van der Waals surface area contributed by atoms with Gasteiger partial charge in [0.05, 0.1) is 11.0 Å². The molecular formula is C16H13N3O4. The van der Waals surface area contributed by atoms with Gasteiger partial charge in [0.2, 0.25) is 6.79 Å². The van der Waals surface area contributed by atoms with Gasteiger partial charge in [-0.1, -0.05) is 0 Å². The molecule has 2 heterocycles. The van der Waals surface area contributed by atoms with Crippen molar-refractivity contribution in [1.82, 2.24) is 9.97 Å². The fraction of sp³-hybridized carbons (Fsp3) is 0.125. The minimum atomic E-state index is -0.279. The number of aromatic amines is 2. The summed E-state index contributed by atoms with van der Waals surface area (Å²) in [5, 5.41) is 2.85. The Balaban J connectivity index is 1.65. The smallest absolute Gasteiger partial charge is 0.323 e. The number of hydrogen-bond acceptors (Lipinski definition) is 4. The summed E-state index contributed by atoms with van der Waals surface area (Å²) in [5.74, 6) is 0.924. The zero-order valence-electron chi connectivity index (χ0n) is 12.2. The number of imidazole rings is 1. The minimum Gasteiger partial charge on any atom is -0.454 e. The summed E-state index contributed by atoms with van der Waals surface area (Å²) < 4.78 is 10.5. The van der Waals surface area contributed by atoms with Crippen molar-refractivity contribution >= 4 is 22.6 Å². The third-order valence-corrected chi connectivity index (χ3v) is 3.74. The highest BCUT2D eigenvalue weighted by atomic mass is 16.7. The molecule has 0 saturated heterocycles. The molecule has 2 aromatic carbocycles. The Labute approximate surface area is 130 Å². The highest BCUT2D eigenvalue weighted by Crippen LogP contribution is 2.32. The summed E-state index contributed by atoms with van der Waals surface area (Å²) in [4.78, 5) is 29.1. The molecule has 7 heteroatoms. The second-order valence-corrected chi connectivity index (χ2v) is 5.31. The molecule has 0 aliphatic carbocycles. The molecule has 0 unspecified atom stereocenters. The molecule has 1 amide bonds. The minimum absolute atomic E-state index is 0.164. The number of anilines is 1. The van der Waals surface area contributed by atoms with E-state index in [1.165, 1.54) is 0 Å². The van der Waals surface area contributed by atoms with E-state index in [9.17, 15) is 9.59 Å². The van der Waals surface area contributed by atoms with Gasteiger partial charge in [-0.25, -0.2) is 4.79 Å². The van der Waals surface area contributed by atoms with Crippen LogP contribution in [-0.2, 0) is 0 Å². The zero-order chi connectivity index (χ0) is 16.0. The van der Waals surface area contributed by atoms with Gasteiger partial charge in [0.25, 0.3) is 5.91 Å². The number of hydrogen-bond donors (Lipinski definition) is 3. The van der Waals surface area contributed by atoms with Crippen LogP contribution in [0.2, 0.25) is 0 Å². The number of fused-ring (bicyclic) bond motifs is 2. The van der Waals surface area contributed by atoms with Gasteiger partial charge >= 0.3 is 5.69 Å². The maximum Gasteiger partial charge on any atom is 0.323 e. The summed E-state index contributed by atoms with van der Waals surface area (Å²) >= 11 is 0. The molecule has 0 saturated carbocycles. The van der Waals surface area contributed by atoms with E-state index in [1.54, 1.807) is 24.3 Å². The predicted molar refractivity (Wildman–Crippen MR) is 84.2 cm³/mol. The Morgan fingerprint density at radius 3 is 2.65 bits per heavy atom. The fourth-order valence-electron chi connectivity index (χ4n) is 2.56. The van der Waals surface area contributed by atoms with E-state index in [2.05, 4.69) is 15.3 Å². The number of carbonyl (C=O) groups excluding carboxylic acids is 1. The first-order valence-electron chi connectivity index (χ1n) is 7.04. The number of rotatable bonds is 2. The van der Waals surface area contributed by atoms with Crippen LogP contribution in [-0.4, -0.2) is 22.7 Å². The molecule has 1 aliphatic heterocycles. The average molecular weight is 311 g/mol. The molecule has 23 heavy (non-hydrogen) atoms. The van der Waals surface area contributed by atoms with Gasteiger partial charge in [0.15, 0.2) is 11.5 Å². The van der Waals surface area contributed by atoms with Crippen molar-refractivity contribution in [3.8, 4) is 11.5 Å². The van der Waals surface area contributed by atoms with Crippen molar-refractivity contribution < 1.29 is 14.3 Å².